The molecule has 0 atom stereocenters. The standard InChI is InChI=1S/C20H19BrN4/c1-13-11-16(7-8-17(13)21)23-20-22-14(2)12-19(24-20)25-10-9-15-5-3-4-6-18(15)25/h3-8,11-12H,9-10H2,1-2H3,(H,22,23,24). The Bertz CT molecular complexity index is 939. The number of fused-ring (bicyclic) bond motifs is 1. The zero-order valence-corrected chi connectivity index (χ0v) is 15.8. The van der Waals surface area contributed by atoms with Crippen LogP contribution < -0.4 is 10.2 Å². The molecule has 25 heavy (non-hydrogen) atoms. The fourth-order valence-electron chi connectivity index (χ4n) is 3.17. The number of nitrogens with one attached hydrogen (secondary N) is 1. The van der Waals surface area contributed by atoms with E-state index in [0.29, 0.717) is 5.95 Å². The minimum Gasteiger partial charge on any atom is -0.326 e. The van der Waals surface area contributed by atoms with Gasteiger partial charge in [-0.3, -0.25) is 0 Å². The van der Waals surface area contributed by atoms with E-state index in [0.717, 1.165) is 34.6 Å². The number of halogens is 1. The van der Waals surface area contributed by atoms with E-state index in [1.165, 1.54) is 16.8 Å². The average molecular weight is 395 g/mol. The van der Waals surface area contributed by atoms with E-state index in [4.69, 9.17) is 4.98 Å². The molecule has 1 aliphatic heterocycles. The van der Waals surface area contributed by atoms with Crippen molar-refractivity contribution in [3.8, 4) is 0 Å². The summed E-state index contributed by atoms with van der Waals surface area (Å²) in [5.41, 5.74) is 5.72. The first-order valence-electron chi connectivity index (χ1n) is 8.34. The van der Waals surface area contributed by atoms with Crippen LogP contribution in [0.3, 0.4) is 0 Å². The molecule has 0 aliphatic carbocycles. The molecule has 2 heterocycles. The second-order valence-electron chi connectivity index (χ2n) is 6.31. The van der Waals surface area contributed by atoms with Crippen molar-refractivity contribution in [2.75, 3.05) is 16.8 Å². The van der Waals surface area contributed by atoms with Gasteiger partial charge in [0.2, 0.25) is 5.95 Å². The Morgan fingerprint density at radius 2 is 1.88 bits per heavy atom. The van der Waals surface area contributed by atoms with Crippen LogP contribution >= 0.6 is 15.9 Å². The Morgan fingerprint density at radius 3 is 2.72 bits per heavy atom. The van der Waals surface area contributed by atoms with Gasteiger partial charge in [-0.25, -0.2) is 4.98 Å². The minimum absolute atomic E-state index is 0.626. The predicted octanol–water partition coefficient (Wildman–Crippen LogP) is 5.29. The van der Waals surface area contributed by atoms with Gasteiger partial charge in [0.25, 0.3) is 0 Å². The summed E-state index contributed by atoms with van der Waals surface area (Å²) in [4.78, 5) is 11.6. The number of hydrogen-bond donors (Lipinski definition) is 1. The topological polar surface area (TPSA) is 41.1 Å². The van der Waals surface area contributed by atoms with Crippen LogP contribution in [0.15, 0.2) is 53.0 Å². The number of rotatable bonds is 3. The van der Waals surface area contributed by atoms with Crippen LogP contribution in [0.4, 0.5) is 23.1 Å². The molecule has 4 rings (SSSR count). The molecule has 1 aliphatic rings. The lowest BCUT2D eigenvalue weighted by molar-refractivity contribution is 0.959. The third-order valence-electron chi connectivity index (χ3n) is 4.42. The van der Waals surface area contributed by atoms with Gasteiger partial charge in [-0.2, -0.15) is 4.98 Å². The van der Waals surface area contributed by atoms with Crippen molar-refractivity contribution < 1.29 is 0 Å². The number of nitrogens with zero attached hydrogens (tertiary/aromatic N) is 3. The van der Waals surface area contributed by atoms with Gasteiger partial charge >= 0.3 is 0 Å². The first-order chi connectivity index (χ1) is 12.1. The molecule has 0 spiro atoms. The highest BCUT2D eigenvalue weighted by molar-refractivity contribution is 9.10. The van der Waals surface area contributed by atoms with E-state index in [1.54, 1.807) is 0 Å². The van der Waals surface area contributed by atoms with E-state index >= 15 is 0 Å². The maximum atomic E-state index is 4.75. The van der Waals surface area contributed by atoms with Crippen molar-refractivity contribution in [2.24, 2.45) is 0 Å². The minimum atomic E-state index is 0.626. The number of benzene rings is 2. The van der Waals surface area contributed by atoms with Gasteiger partial charge in [0.15, 0.2) is 0 Å². The Labute approximate surface area is 156 Å². The monoisotopic (exact) mass is 394 g/mol. The van der Waals surface area contributed by atoms with Gasteiger partial charge in [0.05, 0.1) is 0 Å². The van der Waals surface area contributed by atoms with Crippen molar-refractivity contribution in [1.82, 2.24) is 9.97 Å². The zero-order chi connectivity index (χ0) is 17.4. The zero-order valence-electron chi connectivity index (χ0n) is 14.3. The molecule has 0 saturated heterocycles. The molecule has 0 unspecified atom stereocenters. The highest BCUT2D eigenvalue weighted by Gasteiger charge is 2.21. The molecule has 1 N–H and O–H groups in total. The van der Waals surface area contributed by atoms with Crippen molar-refractivity contribution in [3.05, 3.63) is 69.8 Å². The maximum absolute atomic E-state index is 4.75. The van der Waals surface area contributed by atoms with E-state index in [9.17, 15) is 0 Å². The molecular weight excluding hydrogens is 376 g/mol. The summed E-state index contributed by atoms with van der Waals surface area (Å²) in [7, 11) is 0. The van der Waals surface area contributed by atoms with Crippen molar-refractivity contribution in [2.45, 2.75) is 20.3 Å². The number of aryl methyl sites for hydroxylation is 2. The summed E-state index contributed by atoms with van der Waals surface area (Å²) in [6.45, 7) is 5.02. The lowest BCUT2D eigenvalue weighted by Crippen LogP contribution is -2.16. The maximum Gasteiger partial charge on any atom is 0.229 e. The Kier molecular flexibility index (Phi) is 4.17. The molecule has 1 aromatic heterocycles. The number of anilines is 4. The van der Waals surface area contributed by atoms with Crippen LogP contribution in [-0.4, -0.2) is 16.5 Å². The van der Waals surface area contributed by atoms with Crippen LogP contribution in [0.2, 0.25) is 0 Å². The van der Waals surface area contributed by atoms with Gasteiger partial charge in [0, 0.05) is 34.2 Å². The number of hydrogen-bond acceptors (Lipinski definition) is 4. The van der Waals surface area contributed by atoms with Gasteiger partial charge < -0.3 is 10.2 Å². The fourth-order valence-corrected chi connectivity index (χ4v) is 3.42. The van der Waals surface area contributed by atoms with Crippen LogP contribution in [-0.2, 0) is 6.42 Å². The molecule has 0 fully saturated rings. The lowest BCUT2D eigenvalue weighted by atomic mass is 10.2. The van der Waals surface area contributed by atoms with E-state index in [2.05, 4.69) is 68.4 Å². The molecule has 2 aromatic carbocycles. The van der Waals surface area contributed by atoms with E-state index in [-0.39, 0.29) is 0 Å². The van der Waals surface area contributed by atoms with E-state index in [1.807, 2.05) is 25.1 Å². The second-order valence-corrected chi connectivity index (χ2v) is 7.16. The normalized spacial score (nSPS) is 13.0. The fraction of sp³-hybridized carbons (Fsp3) is 0.200. The largest absolute Gasteiger partial charge is 0.326 e. The summed E-state index contributed by atoms with van der Waals surface area (Å²) in [5.74, 6) is 1.56. The van der Waals surface area contributed by atoms with Crippen molar-refractivity contribution in [1.29, 1.82) is 0 Å². The highest BCUT2D eigenvalue weighted by atomic mass is 79.9. The summed E-state index contributed by atoms with van der Waals surface area (Å²) in [5, 5.41) is 3.33. The highest BCUT2D eigenvalue weighted by Crippen LogP contribution is 2.34. The van der Waals surface area contributed by atoms with Gasteiger partial charge in [-0.1, -0.05) is 34.1 Å². The SMILES string of the molecule is Cc1cc(N2CCc3ccccc32)nc(Nc2ccc(Br)c(C)c2)n1. The third kappa shape index (κ3) is 3.24. The molecule has 5 heteroatoms. The Hall–Kier alpha value is -2.40. The van der Waals surface area contributed by atoms with Crippen LogP contribution in [0.1, 0.15) is 16.8 Å². The van der Waals surface area contributed by atoms with Gasteiger partial charge in [0.1, 0.15) is 5.82 Å². The van der Waals surface area contributed by atoms with Crippen LogP contribution in [0.25, 0.3) is 0 Å². The van der Waals surface area contributed by atoms with Crippen molar-refractivity contribution in [3.63, 3.8) is 0 Å². The molecule has 0 saturated carbocycles. The molecule has 126 valence electrons. The molecule has 0 bridgehead atoms. The smallest absolute Gasteiger partial charge is 0.229 e. The Balaban J connectivity index is 1.66. The summed E-state index contributed by atoms with van der Waals surface area (Å²) in [6.07, 6.45) is 1.05. The molecule has 0 radical (unpaired) electrons. The predicted molar refractivity (Wildman–Crippen MR) is 106 cm³/mol. The number of aromatic nitrogens is 2. The average Bonchev–Trinajstić information content (AvgIpc) is 3.02. The molecule has 0 amide bonds. The van der Waals surface area contributed by atoms with E-state index < -0.39 is 0 Å². The second kappa shape index (κ2) is 6.48. The molecular formula is C20H19BrN4. The first-order valence-corrected chi connectivity index (χ1v) is 9.14. The van der Waals surface area contributed by atoms with Crippen molar-refractivity contribution >= 4 is 39.1 Å². The van der Waals surface area contributed by atoms with Crippen LogP contribution in [0, 0.1) is 13.8 Å². The number of para-hydroxylation sites is 1. The van der Waals surface area contributed by atoms with Gasteiger partial charge in [-0.15, -0.1) is 0 Å². The summed E-state index contributed by atoms with van der Waals surface area (Å²) < 4.78 is 1.09. The molecule has 3 aromatic rings. The first kappa shape index (κ1) is 16.1. The third-order valence-corrected chi connectivity index (χ3v) is 5.31. The molecule has 4 nitrogen and oxygen atoms in total. The lowest BCUT2D eigenvalue weighted by Gasteiger charge is -2.19. The van der Waals surface area contributed by atoms with Gasteiger partial charge in [-0.05, 0) is 55.7 Å². The summed E-state index contributed by atoms with van der Waals surface area (Å²) >= 11 is 3.53. The summed E-state index contributed by atoms with van der Waals surface area (Å²) in [6, 6.07) is 16.7. The van der Waals surface area contributed by atoms with Crippen LogP contribution in [0.5, 0.6) is 0 Å². The Morgan fingerprint density at radius 1 is 1.04 bits per heavy atom. The quantitative estimate of drug-likeness (QED) is 0.654.